The maximum atomic E-state index is 11.2. The first-order valence-corrected chi connectivity index (χ1v) is 7.99. The smallest absolute Gasteiger partial charge is 0.275 e. The summed E-state index contributed by atoms with van der Waals surface area (Å²) in [6.07, 6.45) is 6.38. The molecule has 0 aromatic heterocycles. The average Bonchev–Trinajstić information content (AvgIpc) is 2.45. The molecule has 4 bridgehead atoms. The first-order chi connectivity index (χ1) is 10.1. The van der Waals surface area contributed by atoms with Crippen molar-refractivity contribution in [3.05, 3.63) is 39.9 Å². The second-order valence-corrected chi connectivity index (χ2v) is 7.50. The predicted molar refractivity (Wildman–Crippen MR) is 78.7 cm³/mol. The van der Waals surface area contributed by atoms with Crippen LogP contribution in [0.2, 0.25) is 0 Å². The van der Waals surface area contributed by atoms with Crippen molar-refractivity contribution < 1.29 is 10.0 Å². The van der Waals surface area contributed by atoms with Gasteiger partial charge in [-0.25, -0.2) is 0 Å². The van der Waals surface area contributed by atoms with Crippen molar-refractivity contribution in [3.63, 3.8) is 0 Å². The van der Waals surface area contributed by atoms with E-state index in [2.05, 4.69) is 0 Å². The fourth-order valence-corrected chi connectivity index (χ4v) is 5.73. The van der Waals surface area contributed by atoms with Gasteiger partial charge in [0.15, 0.2) is 0 Å². The maximum Gasteiger partial charge on any atom is 0.275 e. The SMILES string of the molecule is O=[N+]([O-])c1ccccc1C(O)C12CC3CC(CC(C3)C1)C2. The fourth-order valence-electron chi connectivity index (χ4n) is 5.73. The van der Waals surface area contributed by atoms with E-state index in [4.69, 9.17) is 0 Å². The predicted octanol–water partition coefficient (Wildman–Crippen LogP) is 3.84. The number of para-hydroxylation sites is 1. The van der Waals surface area contributed by atoms with Gasteiger partial charge in [0.25, 0.3) is 5.69 Å². The zero-order valence-electron chi connectivity index (χ0n) is 12.1. The van der Waals surface area contributed by atoms with E-state index < -0.39 is 6.10 Å². The highest BCUT2D eigenvalue weighted by Gasteiger charge is 2.55. The molecule has 1 N–H and O–H groups in total. The van der Waals surface area contributed by atoms with Crippen molar-refractivity contribution in [2.24, 2.45) is 23.2 Å². The lowest BCUT2D eigenvalue weighted by molar-refractivity contribution is -0.386. The molecule has 4 aliphatic rings. The number of nitrogens with zero attached hydrogens (tertiary/aromatic N) is 1. The monoisotopic (exact) mass is 287 g/mol. The highest BCUT2D eigenvalue weighted by atomic mass is 16.6. The number of aliphatic hydroxyl groups excluding tert-OH is 1. The Balaban J connectivity index is 1.72. The third kappa shape index (κ3) is 2.00. The van der Waals surface area contributed by atoms with Gasteiger partial charge in [0.05, 0.1) is 16.6 Å². The van der Waals surface area contributed by atoms with Gasteiger partial charge in [-0.1, -0.05) is 12.1 Å². The Hall–Kier alpha value is -1.42. The van der Waals surface area contributed by atoms with Crippen LogP contribution in [0.1, 0.15) is 50.2 Å². The van der Waals surface area contributed by atoms with Gasteiger partial charge in [0, 0.05) is 11.5 Å². The number of rotatable bonds is 3. The van der Waals surface area contributed by atoms with Crippen LogP contribution < -0.4 is 0 Å². The van der Waals surface area contributed by atoms with Crippen molar-refractivity contribution in [2.75, 3.05) is 0 Å². The van der Waals surface area contributed by atoms with Crippen molar-refractivity contribution in [3.8, 4) is 0 Å². The molecule has 4 fully saturated rings. The lowest BCUT2D eigenvalue weighted by atomic mass is 9.47. The number of hydrogen-bond donors (Lipinski definition) is 1. The van der Waals surface area contributed by atoms with Crippen molar-refractivity contribution in [1.29, 1.82) is 0 Å². The third-order valence-electron chi connectivity index (χ3n) is 6.09. The number of aliphatic hydroxyl groups is 1. The average molecular weight is 287 g/mol. The largest absolute Gasteiger partial charge is 0.388 e. The molecule has 1 unspecified atom stereocenters. The van der Waals surface area contributed by atoms with Gasteiger partial charge in [-0.3, -0.25) is 10.1 Å². The van der Waals surface area contributed by atoms with Crippen LogP contribution in [0, 0.1) is 33.3 Å². The number of hydrogen-bond acceptors (Lipinski definition) is 3. The molecule has 112 valence electrons. The molecule has 1 aromatic carbocycles. The summed E-state index contributed by atoms with van der Waals surface area (Å²) >= 11 is 0. The molecule has 0 amide bonds. The van der Waals surface area contributed by atoms with Crippen molar-refractivity contribution in [2.45, 2.75) is 44.6 Å². The van der Waals surface area contributed by atoms with Gasteiger partial charge in [0.1, 0.15) is 0 Å². The molecule has 5 rings (SSSR count). The van der Waals surface area contributed by atoms with E-state index in [1.807, 2.05) is 0 Å². The molecular weight excluding hydrogens is 266 g/mol. The summed E-state index contributed by atoms with van der Waals surface area (Å²) in [5.74, 6) is 2.19. The minimum Gasteiger partial charge on any atom is -0.388 e. The van der Waals surface area contributed by atoms with Crippen LogP contribution in [-0.4, -0.2) is 10.0 Å². The molecule has 0 spiro atoms. The summed E-state index contributed by atoms with van der Waals surface area (Å²) in [4.78, 5) is 10.9. The Morgan fingerprint density at radius 2 is 1.62 bits per heavy atom. The van der Waals surface area contributed by atoms with Gasteiger partial charge in [-0.2, -0.15) is 0 Å². The normalized spacial score (nSPS) is 38.4. The lowest BCUT2D eigenvalue weighted by Gasteiger charge is -2.58. The minimum atomic E-state index is -0.688. The lowest BCUT2D eigenvalue weighted by Crippen LogP contribution is -2.48. The highest BCUT2D eigenvalue weighted by molar-refractivity contribution is 5.42. The summed E-state index contributed by atoms with van der Waals surface area (Å²) in [6, 6.07) is 6.72. The molecule has 4 heteroatoms. The van der Waals surface area contributed by atoms with E-state index in [1.165, 1.54) is 25.3 Å². The minimum absolute atomic E-state index is 0.0701. The molecule has 0 heterocycles. The molecule has 1 aromatic rings. The molecule has 4 nitrogen and oxygen atoms in total. The van der Waals surface area contributed by atoms with Gasteiger partial charge in [-0.05, 0) is 62.3 Å². The fraction of sp³-hybridized carbons (Fsp3) is 0.647. The second kappa shape index (κ2) is 4.54. The number of nitro benzene ring substituents is 1. The quantitative estimate of drug-likeness (QED) is 0.678. The Bertz CT molecular complexity index is 548. The molecule has 4 saturated carbocycles. The first kappa shape index (κ1) is 13.3. The van der Waals surface area contributed by atoms with Gasteiger partial charge in [-0.15, -0.1) is 0 Å². The second-order valence-electron chi connectivity index (χ2n) is 7.50. The maximum absolute atomic E-state index is 11.2. The van der Waals surface area contributed by atoms with E-state index in [1.54, 1.807) is 18.2 Å². The Labute approximate surface area is 124 Å². The van der Waals surface area contributed by atoms with Gasteiger partial charge >= 0.3 is 0 Å². The summed E-state index contributed by atoms with van der Waals surface area (Å²) in [5.41, 5.74) is 0.478. The van der Waals surface area contributed by atoms with Crippen LogP contribution in [0.15, 0.2) is 24.3 Å². The Morgan fingerprint density at radius 1 is 1.10 bits per heavy atom. The molecule has 0 radical (unpaired) electrons. The first-order valence-electron chi connectivity index (χ1n) is 7.99. The molecule has 0 saturated heterocycles. The van der Waals surface area contributed by atoms with Crippen molar-refractivity contribution in [1.82, 2.24) is 0 Å². The summed E-state index contributed by atoms with van der Waals surface area (Å²) in [5, 5.41) is 22.3. The molecule has 21 heavy (non-hydrogen) atoms. The Morgan fingerprint density at radius 3 is 2.14 bits per heavy atom. The van der Waals surface area contributed by atoms with Crippen LogP contribution in [0.25, 0.3) is 0 Å². The van der Waals surface area contributed by atoms with E-state index >= 15 is 0 Å². The summed E-state index contributed by atoms with van der Waals surface area (Å²) in [7, 11) is 0. The molecule has 1 atom stereocenters. The molecule has 0 aliphatic heterocycles. The van der Waals surface area contributed by atoms with Crippen LogP contribution >= 0.6 is 0 Å². The summed E-state index contributed by atoms with van der Waals surface area (Å²) in [6.45, 7) is 0. The number of nitro groups is 1. The van der Waals surface area contributed by atoms with Gasteiger partial charge in [0.2, 0.25) is 0 Å². The molecular formula is C17H21NO3. The zero-order valence-corrected chi connectivity index (χ0v) is 12.1. The number of benzene rings is 1. The van der Waals surface area contributed by atoms with Gasteiger partial charge < -0.3 is 5.11 Å². The van der Waals surface area contributed by atoms with E-state index in [-0.39, 0.29) is 16.0 Å². The van der Waals surface area contributed by atoms with Crippen LogP contribution in [0.5, 0.6) is 0 Å². The van der Waals surface area contributed by atoms with Crippen LogP contribution in [0.4, 0.5) is 5.69 Å². The highest BCUT2D eigenvalue weighted by Crippen LogP contribution is 2.64. The van der Waals surface area contributed by atoms with Crippen LogP contribution in [0.3, 0.4) is 0 Å². The zero-order chi connectivity index (χ0) is 14.6. The van der Waals surface area contributed by atoms with Crippen LogP contribution in [-0.2, 0) is 0 Å². The van der Waals surface area contributed by atoms with E-state index in [9.17, 15) is 15.2 Å². The Kier molecular flexibility index (Phi) is 2.86. The van der Waals surface area contributed by atoms with E-state index in [0.29, 0.717) is 5.56 Å². The summed E-state index contributed by atoms with van der Waals surface area (Å²) < 4.78 is 0. The van der Waals surface area contributed by atoms with Crippen molar-refractivity contribution >= 4 is 5.69 Å². The third-order valence-corrected chi connectivity index (χ3v) is 6.09. The topological polar surface area (TPSA) is 63.4 Å². The molecule has 4 aliphatic carbocycles. The van der Waals surface area contributed by atoms with E-state index in [0.717, 1.165) is 37.0 Å². The standard InChI is InChI=1S/C17H21NO3/c19-16(14-3-1-2-4-15(14)18(20)21)17-8-11-5-12(9-17)7-13(6-11)10-17/h1-4,11-13,16,19H,5-10H2.